The quantitative estimate of drug-likeness (QED) is 0.427. The lowest BCUT2D eigenvalue weighted by Gasteiger charge is -2.36. The smallest absolute Gasteiger partial charge is 0.419 e. The summed E-state index contributed by atoms with van der Waals surface area (Å²) in [7, 11) is 0. The Morgan fingerprint density at radius 2 is 1.87 bits per heavy atom. The van der Waals surface area contributed by atoms with Gasteiger partial charge in [0.2, 0.25) is 0 Å². The Balaban J connectivity index is 0.00000256. The van der Waals surface area contributed by atoms with Gasteiger partial charge in [-0.2, -0.15) is 13.2 Å². The number of rotatable bonds is 5. The van der Waals surface area contributed by atoms with Crippen LogP contribution in [-0.2, 0) is 12.7 Å². The van der Waals surface area contributed by atoms with Gasteiger partial charge in [0.1, 0.15) is 17.7 Å². The van der Waals surface area contributed by atoms with E-state index < -0.39 is 17.6 Å². The molecule has 1 aromatic heterocycles. The molecule has 4 nitrogen and oxygen atoms in total. The Labute approximate surface area is 176 Å². The zero-order valence-corrected chi connectivity index (χ0v) is 16.6. The van der Waals surface area contributed by atoms with Gasteiger partial charge in [0.15, 0.2) is 0 Å². The van der Waals surface area contributed by atoms with E-state index in [0.29, 0.717) is 31.1 Å². The largest absolute Gasteiger partial charge is 0.490 e. The van der Waals surface area contributed by atoms with Crippen molar-refractivity contribution in [3.05, 3.63) is 65.7 Å². The lowest BCUT2D eigenvalue weighted by molar-refractivity contribution is -0.140. The van der Waals surface area contributed by atoms with Gasteiger partial charge < -0.3 is 15.8 Å². The number of hydrogen-bond donors (Lipinski definition) is 2. The van der Waals surface area contributed by atoms with Crippen LogP contribution < -0.4 is 15.8 Å². The SMILES string of the molecule is Cl.Nc1ccc(CNC2CC(Oc3ccc(F)c(C(F)(F)F)c3)C2)c2ccncc12. The van der Waals surface area contributed by atoms with Crippen molar-refractivity contribution in [3.8, 4) is 5.75 Å². The van der Waals surface area contributed by atoms with Crippen LogP contribution in [0.15, 0.2) is 48.8 Å². The number of fused-ring (bicyclic) bond motifs is 1. The molecule has 4 rings (SSSR count). The Morgan fingerprint density at radius 3 is 2.60 bits per heavy atom. The number of hydrogen-bond acceptors (Lipinski definition) is 4. The van der Waals surface area contributed by atoms with Gasteiger partial charge in [-0.3, -0.25) is 4.98 Å². The summed E-state index contributed by atoms with van der Waals surface area (Å²) in [5.41, 5.74) is 6.44. The monoisotopic (exact) mass is 441 g/mol. The van der Waals surface area contributed by atoms with Gasteiger partial charge in [0.05, 0.1) is 5.56 Å². The summed E-state index contributed by atoms with van der Waals surface area (Å²) < 4.78 is 57.4. The number of benzene rings is 2. The highest BCUT2D eigenvalue weighted by molar-refractivity contribution is 5.94. The average molecular weight is 442 g/mol. The highest BCUT2D eigenvalue weighted by atomic mass is 35.5. The maximum absolute atomic E-state index is 13.4. The van der Waals surface area contributed by atoms with Gasteiger partial charge in [-0.1, -0.05) is 6.07 Å². The number of nitrogens with zero attached hydrogens (tertiary/aromatic N) is 1. The first kappa shape index (κ1) is 22.1. The molecule has 3 aromatic rings. The highest BCUT2D eigenvalue weighted by Crippen LogP contribution is 2.35. The van der Waals surface area contributed by atoms with Gasteiger partial charge in [-0.25, -0.2) is 4.39 Å². The van der Waals surface area contributed by atoms with Crippen molar-refractivity contribution < 1.29 is 22.3 Å². The summed E-state index contributed by atoms with van der Waals surface area (Å²) in [4.78, 5) is 4.10. The van der Waals surface area contributed by atoms with Gasteiger partial charge in [0.25, 0.3) is 0 Å². The van der Waals surface area contributed by atoms with Crippen molar-refractivity contribution in [2.24, 2.45) is 0 Å². The van der Waals surface area contributed by atoms with E-state index in [1.807, 2.05) is 18.2 Å². The number of aromatic nitrogens is 1. The van der Waals surface area contributed by atoms with Crippen LogP contribution in [0, 0.1) is 5.82 Å². The van der Waals surface area contributed by atoms with E-state index in [0.717, 1.165) is 22.4 Å². The normalized spacial score (nSPS) is 18.5. The third kappa shape index (κ3) is 4.60. The van der Waals surface area contributed by atoms with Gasteiger partial charge in [-0.15, -0.1) is 12.4 Å². The van der Waals surface area contributed by atoms with Gasteiger partial charge in [0, 0.05) is 36.1 Å². The number of nitrogens with one attached hydrogen (secondary N) is 1. The number of alkyl halides is 3. The van der Waals surface area contributed by atoms with E-state index in [1.54, 1.807) is 12.4 Å². The molecule has 0 radical (unpaired) electrons. The maximum Gasteiger partial charge on any atom is 0.419 e. The molecule has 2 aromatic carbocycles. The molecule has 0 aliphatic heterocycles. The molecule has 3 N–H and O–H groups in total. The molecule has 1 heterocycles. The molecule has 30 heavy (non-hydrogen) atoms. The Bertz CT molecular complexity index is 1040. The van der Waals surface area contributed by atoms with Crippen molar-refractivity contribution in [1.82, 2.24) is 10.3 Å². The lowest BCUT2D eigenvalue weighted by atomic mass is 9.89. The van der Waals surface area contributed by atoms with E-state index in [1.165, 1.54) is 6.07 Å². The molecule has 0 saturated heterocycles. The molecule has 0 amide bonds. The molecule has 0 atom stereocenters. The van der Waals surface area contributed by atoms with Crippen molar-refractivity contribution in [2.75, 3.05) is 5.73 Å². The van der Waals surface area contributed by atoms with Crippen LogP contribution in [0.5, 0.6) is 5.75 Å². The highest BCUT2D eigenvalue weighted by Gasteiger charge is 2.35. The molecule has 1 aliphatic rings. The lowest BCUT2D eigenvalue weighted by Crippen LogP contribution is -2.46. The van der Waals surface area contributed by atoms with Crippen LogP contribution in [0.4, 0.5) is 23.2 Å². The van der Waals surface area contributed by atoms with Crippen LogP contribution in [-0.4, -0.2) is 17.1 Å². The summed E-state index contributed by atoms with van der Waals surface area (Å²) in [6.07, 6.45) is -0.174. The minimum atomic E-state index is -4.75. The Morgan fingerprint density at radius 1 is 1.10 bits per heavy atom. The van der Waals surface area contributed by atoms with Crippen LogP contribution in [0.25, 0.3) is 10.8 Å². The first-order valence-corrected chi connectivity index (χ1v) is 9.19. The zero-order chi connectivity index (χ0) is 20.6. The maximum atomic E-state index is 13.4. The minimum Gasteiger partial charge on any atom is -0.490 e. The van der Waals surface area contributed by atoms with E-state index >= 15 is 0 Å². The Kier molecular flexibility index (Phi) is 6.38. The van der Waals surface area contributed by atoms with Crippen LogP contribution in [0.3, 0.4) is 0 Å². The molecule has 1 saturated carbocycles. The predicted octanol–water partition coefficient (Wildman–Crippen LogP) is 5.10. The third-order valence-electron chi connectivity index (χ3n) is 5.16. The summed E-state index contributed by atoms with van der Waals surface area (Å²) in [5, 5.41) is 5.36. The number of nitrogens with two attached hydrogens (primary N) is 1. The van der Waals surface area contributed by atoms with Crippen molar-refractivity contribution in [2.45, 2.75) is 37.7 Å². The molecule has 160 valence electrons. The summed E-state index contributed by atoms with van der Waals surface area (Å²) in [6.45, 7) is 0.632. The number of halogens is 5. The molecular weight excluding hydrogens is 422 g/mol. The number of anilines is 1. The van der Waals surface area contributed by atoms with Crippen molar-refractivity contribution >= 4 is 28.9 Å². The fourth-order valence-corrected chi connectivity index (χ4v) is 3.50. The second-order valence-corrected chi connectivity index (χ2v) is 7.16. The molecule has 0 spiro atoms. The second-order valence-electron chi connectivity index (χ2n) is 7.16. The molecule has 0 bridgehead atoms. The summed E-state index contributed by atoms with van der Waals surface area (Å²) in [5.74, 6) is -1.27. The Hall–Kier alpha value is -2.58. The molecule has 9 heteroatoms. The van der Waals surface area contributed by atoms with Gasteiger partial charge >= 0.3 is 6.18 Å². The summed E-state index contributed by atoms with van der Waals surface area (Å²) in [6, 6.07) is 8.65. The number of pyridine rings is 1. The number of ether oxygens (including phenoxy) is 1. The van der Waals surface area contributed by atoms with E-state index in [2.05, 4.69) is 10.3 Å². The topological polar surface area (TPSA) is 60.2 Å². The first-order valence-electron chi connectivity index (χ1n) is 9.19. The fourth-order valence-electron chi connectivity index (χ4n) is 3.50. The standard InChI is InChI=1S/C21H19F4N3O.ClH/c22-19-3-2-14(9-18(19)21(23,24)25)29-15-7-13(8-15)28-10-12-1-4-20(26)17-11-27-6-5-16(12)17;/h1-6,9,11,13,15,28H,7-8,10,26H2;1H. The van der Waals surface area contributed by atoms with Crippen LogP contribution in [0.2, 0.25) is 0 Å². The van der Waals surface area contributed by atoms with Crippen molar-refractivity contribution in [3.63, 3.8) is 0 Å². The van der Waals surface area contributed by atoms with Crippen molar-refractivity contribution in [1.29, 1.82) is 0 Å². The predicted molar refractivity (Wildman–Crippen MR) is 109 cm³/mol. The van der Waals surface area contributed by atoms with Crippen LogP contribution in [0.1, 0.15) is 24.0 Å². The van der Waals surface area contributed by atoms with Gasteiger partial charge in [-0.05, 0) is 54.1 Å². The first-order chi connectivity index (χ1) is 13.8. The number of nitrogen functional groups attached to an aromatic ring is 1. The fraction of sp³-hybridized carbons (Fsp3) is 0.286. The van der Waals surface area contributed by atoms with E-state index in [4.69, 9.17) is 10.5 Å². The molecular formula is C21H20ClF4N3O. The molecule has 1 fully saturated rings. The average Bonchev–Trinajstić information content (AvgIpc) is 2.65. The second kappa shape index (κ2) is 8.65. The zero-order valence-electron chi connectivity index (χ0n) is 15.7. The molecule has 0 unspecified atom stereocenters. The summed E-state index contributed by atoms with van der Waals surface area (Å²) >= 11 is 0. The minimum absolute atomic E-state index is 0. The van der Waals surface area contributed by atoms with E-state index in [9.17, 15) is 17.6 Å². The third-order valence-corrected chi connectivity index (χ3v) is 5.16. The van der Waals surface area contributed by atoms with E-state index in [-0.39, 0.29) is 30.3 Å². The molecule has 1 aliphatic carbocycles. The van der Waals surface area contributed by atoms with Crippen LogP contribution >= 0.6 is 12.4 Å².